The lowest BCUT2D eigenvalue weighted by Crippen LogP contribution is -2.49. The van der Waals surface area contributed by atoms with Crippen LogP contribution in [0.3, 0.4) is 0 Å². The Kier molecular flexibility index (Phi) is 8.24. The quantitative estimate of drug-likeness (QED) is 0.542. The van der Waals surface area contributed by atoms with Gasteiger partial charge in [-0.15, -0.1) is 5.06 Å². The maximum absolute atomic E-state index is 12.6. The molecule has 2 atom stereocenters. The third-order valence-corrected chi connectivity index (χ3v) is 4.14. The number of aliphatic hydroxyl groups excluding tert-OH is 1. The molecular formula is C20H30N2O7. The number of carbonyl (C=O) groups excluding carboxylic acids is 2. The van der Waals surface area contributed by atoms with Gasteiger partial charge in [-0.05, 0) is 57.9 Å². The molecule has 1 heterocycles. The van der Waals surface area contributed by atoms with Crippen LogP contribution in [0.15, 0.2) is 24.3 Å². The molecule has 0 spiro atoms. The van der Waals surface area contributed by atoms with Crippen molar-refractivity contribution in [3.05, 3.63) is 29.8 Å². The molecule has 1 aromatic rings. The molecule has 0 aromatic heterocycles. The first-order valence-corrected chi connectivity index (χ1v) is 9.54. The zero-order valence-electron chi connectivity index (χ0n) is 17.3. The molecule has 0 saturated carbocycles. The van der Waals surface area contributed by atoms with E-state index in [-0.39, 0.29) is 19.2 Å². The molecule has 2 rings (SSSR count). The molecule has 1 aromatic carbocycles. The minimum atomic E-state index is -0.814. The van der Waals surface area contributed by atoms with E-state index in [9.17, 15) is 14.7 Å². The van der Waals surface area contributed by atoms with E-state index in [0.717, 1.165) is 0 Å². The van der Waals surface area contributed by atoms with Crippen LogP contribution in [-0.2, 0) is 14.3 Å². The Hall–Kier alpha value is -2.36. The van der Waals surface area contributed by atoms with Gasteiger partial charge in [0.25, 0.3) is 5.91 Å². The zero-order valence-corrected chi connectivity index (χ0v) is 17.3. The summed E-state index contributed by atoms with van der Waals surface area (Å²) in [5.41, 5.74) is -0.249. The Morgan fingerprint density at radius 2 is 1.93 bits per heavy atom. The van der Waals surface area contributed by atoms with Gasteiger partial charge in [-0.1, -0.05) is 0 Å². The normalized spacial score (nSPS) is 20.4. The van der Waals surface area contributed by atoms with Gasteiger partial charge in [0, 0.05) is 19.2 Å². The van der Waals surface area contributed by atoms with Gasteiger partial charge in [0.15, 0.2) is 6.79 Å². The molecule has 29 heavy (non-hydrogen) atoms. The number of benzene rings is 1. The SMILES string of the molecule is COCOc1ccc(C(=O)N[C@@H]2CN(OC(=O)OC(C)(C)C)CCC[C@H]2O)cc1. The van der Waals surface area contributed by atoms with Crippen molar-refractivity contribution in [2.24, 2.45) is 0 Å². The van der Waals surface area contributed by atoms with Crippen molar-refractivity contribution < 1.29 is 33.7 Å². The fourth-order valence-electron chi connectivity index (χ4n) is 2.79. The Balaban J connectivity index is 1.96. The molecule has 9 heteroatoms. The second kappa shape index (κ2) is 10.4. The van der Waals surface area contributed by atoms with Crippen molar-refractivity contribution in [3.63, 3.8) is 0 Å². The highest BCUT2D eigenvalue weighted by atomic mass is 16.8. The Labute approximate surface area is 170 Å². The number of rotatable bonds is 6. The smallest absolute Gasteiger partial charge is 0.468 e. The third-order valence-electron chi connectivity index (χ3n) is 4.14. The van der Waals surface area contributed by atoms with Crippen LogP contribution in [0.25, 0.3) is 0 Å². The fraction of sp³-hybridized carbons (Fsp3) is 0.600. The van der Waals surface area contributed by atoms with E-state index in [1.807, 2.05) is 0 Å². The summed E-state index contributed by atoms with van der Waals surface area (Å²) < 4.78 is 15.3. The van der Waals surface area contributed by atoms with Crippen LogP contribution in [0.4, 0.5) is 4.79 Å². The molecule has 1 amide bonds. The lowest BCUT2D eigenvalue weighted by molar-refractivity contribution is -0.144. The summed E-state index contributed by atoms with van der Waals surface area (Å²) in [6.45, 7) is 5.95. The van der Waals surface area contributed by atoms with Crippen LogP contribution < -0.4 is 10.1 Å². The number of amides is 1. The van der Waals surface area contributed by atoms with Gasteiger partial charge in [0.05, 0.1) is 18.7 Å². The van der Waals surface area contributed by atoms with E-state index < -0.39 is 23.9 Å². The van der Waals surface area contributed by atoms with Gasteiger partial charge in [-0.3, -0.25) is 4.79 Å². The molecule has 1 aliphatic rings. The largest absolute Gasteiger partial charge is 0.528 e. The van der Waals surface area contributed by atoms with E-state index in [0.29, 0.717) is 30.7 Å². The van der Waals surface area contributed by atoms with E-state index in [2.05, 4.69) is 5.32 Å². The van der Waals surface area contributed by atoms with Crippen molar-refractivity contribution in [1.82, 2.24) is 10.4 Å². The summed E-state index contributed by atoms with van der Waals surface area (Å²) >= 11 is 0. The van der Waals surface area contributed by atoms with Gasteiger partial charge in [-0.25, -0.2) is 4.79 Å². The van der Waals surface area contributed by atoms with Gasteiger partial charge in [0.1, 0.15) is 11.4 Å². The molecule has 0 unspecified atom stereocenters. The molecule has 1 aliphatic heterocycles. The standard InChI is InChI=1S/C20H30N2O7/c1-20(2,3)28-19(25)29-22-11-5-6-17(23)16(12-22)21-18(24)14-7-9-15(10-8-14)27-13-26-4/h7-10,16-17,23H,5-6,11-13H2,1-4H3,(H,21,24)/t16-,17-/m1/s1. The average molecular weight is 410 g/mol. The first kappa shape index (κ1) is 22.9. The highest BCUT2D eigenvalue weighted by Crippen LogP contribution is 2.16. The molecule has 2 N–H and O–H groups in total. The highest BCUT2D eigenvalue weighted by molar-refractivity contribution is 5.94. The van der Waals surface area contributed by atoms with Gasteiger partial charge in [0.2, 0.25) is 0 Å². The van der Waals surface area contributed by atoms with Gasteiger partial charge in [-0.2, -0.15) is 0 Å². The van der Waals surface area contributed by atoms with Crippen molar-refractivity contribution in [2.45, 2.75) is 51.4 Å². The number of carbonyl (C=O) groups is 2. The summed E-state index contributed by atoms with van der Waals surface area (Å²) in [5, 5.41) is 14.6. The maximum Gasteiger partial charge on any atom is 0.528 e. The molecule has 1 saturated heterocycles. The van der Waals surface area contributed by atoms with E-state index in [1.165, 1.54) is 12.2 Å². The van der Waals surface area contributed by atoms with E-state index >= 15 is 0 Å². The minimum Gasteiger partial charge on any atom is -0.468 e. The number of ether oxygens (including phenoxy) is 3. The predicted octanol–water partition coefficient (Wildman–Crippen LogP) is 2.09. The monoisotopic (exact) mass is 410 g/mol. The Morgan fingerprint density at radius 1 is 1.24 bits per heavy atom. The van der Waals surface area contributed by atoms with Crippen LogP contribution in [0.2, 0.25) is 0 Å². The third kappa shape index (κ3) is 7.88. The van der Waals surface area contributed by atoms with Crippen LogP contribution in [0.5, 0.6) is 5.75 Å². The van der Waals surface area contributed by atoms with Crippen molar-refractivity contribution >= 4 is 12.1 Å². The fourth-order valence-corrected chi connectivity index (χ4v) is 2.79. The number of nitrogens with one attached hydrogen (secondary N) is 1. The number of hydroxylamine groups is 2. The van der Waals surface area contributed by atoms with Gasteiger partial charge < -0.3 is 29.5 Å². The number of hydrogen-bond donors (Lipinski definition) is 2. The lowest BCUT2D eigenvalue weighted by Gasteiger charge is -2.27. The maximum atomic E-state index is 12.6. The average Bonchev–Trinajstić information content (AvgIpc) is 2.80. The van der Waals surface area contributed by atoms with Crippen LogP contribution in [0.1, 0.15) is 44.0 Å². The topological polar surface area (TPSA) is 107 Å². The number of hydrogen-bond acceptors (Lipinski definition) is 8. The second-order valence-corrected chi connectivity index (χ2v) is 7.81. The Morgan fingerprint density at radius 3 is 2.55 bits per heavy atom. The lowest BCUT2D eigenvalue weighted by atomic mass is 10.1. The highest BCUT2D eigenvalue weighted by Gasteiger charge is 2.30. The minimum absolute atomic E-state index is 0.118. The summed E-state index contributed by atoms with van der Waals surface area (Å²) in [5.74, 6) is 0.237. The number of nitrogens with zero attached hydrogens (tertiary/aromatic N) is 1. The molecule has 162 valence electrons. The summed E-state index contributed by atoms with van der Waals surface area (Å²) in [4.78, 5) is 29.7. The van der Waals surface area contributed by atoms with Crippen LogP contribution >= 0.6 is 0 Å². The second-order valence-electron chi connectivity index (χ2n) is 7.81. The molecule has 0 bridgehead atoms. The molecule has 9 nitrogen and oxygen atoms in total. The van der Waals surface area contributed by atoms with Crippen molar-refractivity contribution in [2.75, 3.05) is 27.0 Å². The summed E-state index contributed by atoms with van der Waals surface area (Å²) in [6.07, 6.45) is -0.480. The molecule has 0 radical (unpaired) electrons. The van der Waals surface area contributed by atoms with E-state index in [1.54, 1.807) is 45.0 Å². The van der Waals surface area contributed by atoms with Crippen LogP contribution in [-0.4, -0.2) is 67.0 Å². The molecular weight excluding hydrogens is 380 g/mol. The summed E-state index contributed by atoms with van der Waals surface area (Å²) in [7, 11) is 1.52. The molecule has 0 aliphatic carbocycles. The van der Waals surface area contributed by atoms with Gasteiger partial charge >= 0.3 is 6.16 Å². The summed E-state index contributed by atoms with van der Waals surface area (Å²) in [6, 6.07) is 5.97. The zero-order chi connectivity index (χ0) is 21.4. The van der Waals surface area contributed by atoms with Crippen molar-refractivity contribution in [1.29, 1.82) is 0 Å². The first-order valence-electron chi connectivity index (χ1n) is 9.54. The molecule has 1 fully saturated rings. The number of aliphatic hydroxyl groups is 1. The van der Waals surface area contributed by atoms with E-state index in [4.69, 9.17) is 19.0 Å². The number of methoxy groups -OCH3 is 1. The first-order chi connectivity index (χ1) is 13.7. The Bertz CT molecular complexity index is 672. The predicted molar refractivity (Wildman–Crippen MR) is 104 cm³/mol. The van der Waals surface area contributed by atoms with Crippen molar-refractivity contribution in [3.8, 4) is 5.75 Å². The van der Waals surface area contributed by atoms with Crippen LogP contribution in [0, 0.1) is 0 Å².